The van der Waals surface area contributed by atoms with Crippen molar-refractivity contribution in [3.8, 4) is 11.5 Å². The van der Waals surface area contributed by atoms with E-state index in [2.05, 4.69) is 15.5 Å². The molecule has 0 aliphatic carbocycles. The maximum Gasteiger partial charge on any atom is 0.306 e. The number of furan rings is 1. The Kier molecular flexibility index (Phi) is 6.22. The van der Waals surface area contributed by atoms with E-state index in [4.69, 9.17) is 25.2 Å². The normalized spacial score (nSPS) is 10.6. The molecule has 0 bridgehead atoms. The van der Waals surface area contributed by atoms with Gasteiger partial charge in [-0.05, 0) is 30.7 Å². The van der Waals surface area contributed by atoms with Gasteiger partial charge in [-0.1, -0.05) is 23.7 Å². The lowest BCUT2D eigenvalue weighted by molar-refractivity contribution is -0.145. The van der Waals surface area contributed by atoms with Gasteiger partial charge < -0.3 is 18.9 Å². The molecule has 0 saturated heterocycles. The summed E-state index contributed by atoms with van der Waals surface area (Å²) in [5.74, 6) is -0.106. The van der Waals surface area contributed by atoms with Crippen molar-refractivity contribution in [2.75, 3.05) is 6.54 Å². The molecule has 0 saturated carbocycles. The number of esters is 1. The molecule has 3 aromatic rings. The molecule has 0 unspecified atom stereocenters. The highest BCUT2D eigenvalue weighted by atomic mass is 35.5. The van der Waals surface area contributed by atoms with Gasteiger partial charge in [-0.25, -0.2) is 0 Å². The molecule has 1 amide bonds. The molecule has 0 spiro atoms. The van der Waals surface area contributed by atoms with Crippen LogP contribution in [0, 0.1) is 0 Å². The van der Waals surface area contributed by atoms with Crippen molar-refractivity contribution < 1.29 is 23.2 Å². The first-order chi connectivity index (χ1) is 13.1. The Hall–Kier alpha value is -3.13. The average molecular weight is 390 g/mol. The van der Waals surface area contributed by atoms with Crippen molar-refractivity contribution in [3.63, 3.8) is 0 Å². The van der Waals surface area contributed by atoms with Crippen LogP contribution in [0.3, 0.4) is 0 Å². The summed E-state index contributed by atoms with van der Waals surface area (Å²) in [6, 6.07) is 10.2. The van der Waals surface area contributed by atoms with Crippen molar-refractivity contribution in [3.05, 3.63) is 59.3 Å². The lowest BCUT2D eigenvalue weighted by atomic mass is 10.2. The minimum atomic E-state index is -0.431. The summed E-state index contributed by atoms with van der Waals surface area (Å²) in [5, 5.41) is 10.9. The number of hydrogen-bond acceptors (Lipinski definition) is 7. The van der Waals surface area contributed by atoms with E-state index < -0.39 is 5.97 Å². The van der Waals surface area contributed by atoms with Gasteiger partial charge in [0.25, 0.3) is 11.8 Å². The first kappa shape index (κ1) is 18.7. The molecule has 2 aromatic heterocycles. The Morgan fingerprint density at radius 3 is 2.78 bits per heavy atom. The summed E-state index contributed by atoms with van der Waals surface area (Å²) < 4.78 is 15.5. The monoisotopic (exact) mass is 389 g/mol. The summed E-state index contributed by atoms with van der Waals surface area (Å²) in [6.45, 7) is 0.195. The van der Waals surface area contributed by atoms with E-state index in [9.17, 15) is 9.59 Å². The zero-order valence-corrected chi connectivity index (χ0v) is 14.9. The largest absolute Gasteiger partial charge is 0.459 e. The van der Waals surface area contributed by atoms with Crippen molar-refractivity contribution in [2.24, 2.45) is 0 Å². The standard InChI is InChI=1S/C18H16ClN3O5/c19-13-6-2-1-5-12(13)18-22-21-15(27-18)11-26-16(23)8-3-9-20-17(24)14-7-4-10-25-14/h1-2,4-7,10H,3,8-9,11H2,(H,20,24). The van der Waals surface area contributed by atoms with E-state index in [-0.39, 0.29) is 36.5 Å². The summed E-state index contributed by atoms with van der Waals surface area (Å²) >= 11 is 6.07. The lowest BCUT2D eigenvalue weighted by Crippen LogP contribution is -2.24. The van der Waals surface area contributed by atoms with Gasteiger partial charge in [-0.2, -0.15) is 0 Å². The first-order valence-electron chi connectivity index (χ1n) is 8.18. The van der Waals surface area contributed by atoms with E-state index in [1.54, 1.807) is 36.4 Å². The molecule has 0 radical (unpaired) electrons. The lowest BCUT2D eigenvalue weighted by Gasteiger charge is -2.03. The highest BCUT2D eigenvalue weighted by Gasteiger charge is 2.13. The molecule has 1 N–H and O–H groups in total. The Bertz CT molecular complexity index is 907. The quantitative estimate of drug-likeness (QED) is 0.465. The van der Waals surface area contributed by atoms with Gasteiger partial charge in [-0.3, -0.25) is 9.59 Å². The number of nitrogens with one attached hydrogen (secondary N) is 1. The number of ether oxygens (including phenoxy) is 1. The summed E-state index contributed by atoms with van der Waals surface area (Å²) in [4.78, 5) is 23.4. The SMILES string of the molecule is O=C(CCCNC(=O)c1ccco1)OCc1nnc(-c2ccccc2Cl)o1. The smallest absolute Gasteiger partial charge is 0.306 e. The molecule has 0 fully saturated rings. The Morgan fingerprint density at radius 1 is 1.15 bits per heavy atom. The minimum Gasteiger partial charge on any atom is -0.459 e. The number of aromatic nitrogens is 2. The molecule has 1 aromatic carbocycles. The van der Waals surface area contributed by atoms with Gasteiger partial charge in [-0.15, -0.1) is 10.2 Å². The van der Waals surface area contributed by atoms with Crippen LogP contribution in [0.15, 0.2) is 51.5 Å². The van der Waals surface area contributed by atoms with Gasteiger partial charge in [0.15, 0.2) is 12.4 Å². The van der Waals surface area contributed by atoms with E-state index >= 15 is 0 Å². The van der Waals surface area contributed by atoms with Crippen LogP contribution >= 0.6 is 11.6 Å². The number of carbonyl (C=O) groups excluding carboxylic acids is 2. The molecule has 140 valence electrons. The third-order valence-corrected chi connectivity index (χ3v) is 3.85. The molecule has 8 nitrogen and oxygen atoms in total. The van der Waals surface area contributed by atoms with Crippen molar-refractivity contribution in [1.82, 2.24) is 15.5 Å². The topological polar surface area (TPSA) is 107 Å². The Balaban J connectivity index is 1.38. The molecule has 3 rings (SSSR count). The van der Waals surface area contributed by atoms with Crippen LogP contribution in [0.25, 0.3) is 11.5 Å². The second kappa shape index (κ2) is 9.00. The van der Waals surface area contributed by atoms with Gasteiger partial charge in [0, 0.05) is 13.0 Å². The number of rotatable bonds is 8. The molecule has 2 heterocycles. The molecule has 9 heteroatoms. The van der Waals surface area contributed by atoms with Crippen LogP contribution in [-0.2, 0) is 16.1 Å². The van der Waals surface area contributed by atoms with Crippen LogP contribution in [0.5, 0.6) is 0 Å². The van der Waals surface area contributed by atoms with Crippen molar-refractivity contribution >= 4 is 23.5 Å². The van der Waals surface area contributed by atoms with Gasteiger partial charge >= 0.3 is 5.97 Å². The van der Waals surface area contributed by atoms with Gasteiger partial charge in [0.1, 0.15) is 0 Å². The van der Waals surface area contributed by atoms with Crippen molar-refractivity contribution in [2.45, 2.75) is 19.4 Å². The molecule has 0 aliphatic heterocycles. The highest BCUT2D eigenvalue weighted by molar-refractivity contribution is 6.33. The Morgan fingerprint density at radius 2 is 2.00 bits per heavy atom. The number of carbonyl (C=O) groups is 2. The maximum absolute atomic E-state index is 11.8. The highest BCUT2D eigenvalue weighted by Crippen LogP contribution is 2.26. The molecule has 0 aliphatic rings. The summed E-state index contributed by atoms with van der Waals surface area (Å²) in [6.07, 6.45) is 1.99. The zero-order valence-electron chi connectivity index (χ0n) is 14.2. The predicted octanol–water partition coefficient (Wildman–Crippen LogP) is 3.24. The van der Waals surface area contributed by atoms with Gasteiger partial charge in [0.2, 0.25) is 5.89 Å². The maximum atomic E-state index is 11.8. The number of amides is 1. The van der Waals surface area contributed by atoms with Crippen molar-refractivity contribution in [1.29, 1.82) is 0 Å². The van der Waals surface area contributed by atoms with Crippen LogP contribution < -0.4 is 5.32 Å². The summed E-state index contributed by atoms with van der Waals surface area (Å²) in [5.41, 5.74) is 0.608. The molecule has 27 heavy (non-hydrogen) atoms. The predicted molar refractivity (Wildman–Crippen MR) is 94.8 cm³/mol. The third kappa shape index (κ3) is 5.18. The zero-order chi connectivity index (χ0) is 19.1. The minimum absolute atomic E-state index is 0.130. The Labute approximate surface area is 159 Å². The number of nitrogens with zero attached hydrogens (tertiary/aromatic N) is 2. The average Bonchev–Trinajstić information content (AvgIpc) is 3.35. The van der Waals surface area contributed by atoms with E-state index in [0.717, 1.165) is 0 Å². The molecular formula is C18H16ClN3O5. The van der Waals surface area contributed by atoms with E-state index in [1.165, 1.54) is 6.26 Å². The molecular weight excluding hydrogens is 374 g/mol. The van der Waals surface area contributed by atoms with E-state index in [0.29, 0.717) is 23.6 Å². The van der Waals surface area contributed by atoms with Crippen LogP contribution in [0.1, 0.15) is 29.3 Å². The fourth-order valence-corrected chi connectivity index (χ4v) is 2.42. The number of halogens is 1. The first-order valence-corrected chi connectivity index (χ1v) is 8.56. The fraction of sp³-hybridized carbons (Fsp3) is 0.222. The molecule has 0 atom stereocenters. The second-order valence-corrected chi connectivity index (χ2v) is 5.89. The second-order valence-electron chi connectivity index (χ2n) is 5.48. The van der Waals surface area contributed by atoms with Gasteiger partial charge in [0.05, 0.1) is 16.8 Å². The van der Waals surface area contributed by atoms with Crippen LogP contribution in [-0.4, -0.2) is 28.6 Å². The fourth-order valence-electron chi connectivity index (χ4n) is 2.20. The third-order valence-electron chi connectivity index (χ3n) is 3.52. The summed E-state index contributed by atoms with van der Waals surface area (Å²) in [7, 11) is 0. The number of benzene rings is 1. The number of hydrogen-bond donors (Lipinski definition) is 1. The van der Waals surface area contributed by atoms with Crippen LogP contribution in [0.2, 0.25) is 5.02 Å². The van der Waals surface area contributed by atoms with Crippen LogP contribution in [0.4, 0.5) is 0 Å². The van der Waals surface area contributed by atoms with E-state index in [1.807, 2.05) is 0 Å².